The lowest BCUT2D eigenvalue weighted by Crippen LogP contribution is -2.64. The molecule has 2 aliphatic rings. The first-order valence-corrected chi connectivity index (χ1v) is 9.53. The van der Waals surface area contributed by atoms with E-state index < -0.39 is 10.0 Å². The van der Waals surface area contributed by atoms with Crippen LogP contribution in [0.4, 0.5) is 5.69 Å². The van der Waals surface area contributed by atoms with Crippen molar-refractivity contribution in [3.8, 4) is 0 Å². The fourth-order valence-electron chi connectivity index (χ4n) is 3.48. The molecule has 1 aromatic carbocycles. The minimum atomic E-state index is -3.19. The van der Waals surface area contributed by atoms with E-state index in [-0.39, 0.29) is 17.2 Å². The second-order valence-corrected chi connectivity index (χ2v) is 8.64. The SMILES string of the molecule is CCS(=O)(=O)N1CCC2(CN(c3ccccc3)C(=O)CN2C)C1. The van der Waals surface area contributed by atoms with Crippen molar-refractivity contribution in [2.24, 2.45) is 0 Å². The van der Waals surface area contributed by atoms with Gasteiger partial charge in [0.15, 0.2) is 0 Å². The maximum atomic E-state index is 12.4. The van der Waals surface area contributed by atoms with Gasteiger partial charge in [0.2, 0.25) is 15.9 Å². The van der Waals surface area contributed by atoms with E-state index in [2.05, 4.69) is 0 Å². The Kier molecular flexibility index (Phi) is 4.20. The first-order chi connectivity index (χ1) is 10.9. The Hall–Kier alpha value is -1.44. The summed E-state index contributed by atoms with van der Waals surface area (Å²) >= 11 is 0. The van der Waals surface area contributed by atoms with Gasteiger partial charge in [-0.05, 0) is 32.5 Å². The summed E-state index contributed by atoms with van der Waals surface area (Å²) in [6.07, 6.45) is 0.749. The zero-order chi connectivity index (χ0) is 16.7. The molecule has 0 N–H and O–H groups in total. The van der Waals surface area contributed by atoms with Crippen molar-refractivity contribution in [2.45, 2.75) is 18.9 Å². The molecule has 2 heterocycles. The third kappa shape index (κ3) is 2.88. The lowest BCUT2D eigenvalue weighted by atomic mass is 9.92. The van der Waals surface area contributed by atoms with E-state index in [1.54, 1.807) is 16.1 Å². The molecule has 0 radical (unpaired) electrons. The Bertz CT molecular complexity index is 692. The minimum Gasteiger partial charge on any atom is -0.309 e. The Morgan fingerprint density at radius 1 is 1.17 bits per heavy atom. The van der Waals surface area contributed by atoms with Crippen LogP contribution in [0.5, 0.6) is 0 Å². The van der Waals surface area contributed by atoms with Crippen molar-refractivity contribution in [1.82, 2.24) is 9.21 Å². The van der Waals surface area contributed by atoms with Crippen LogP contribution in [-0.2, 0) is 14.8 Å². The summed E-state index contributed by atoms with van der Waals surface area (Å²) in [5.41, 5.74) is 0.577. The van der Waals surface area contributed by atoms with Gasteiger partial charge in [0.1, 0.15) is 0 Å². The zero-order valence-electron chi connectivity index (χ0n) is 13.6. The molecule has 1 aromatic rings. The summed E-state index contributed by atoms with van der Waals surface area (Å²) in [5, 5.41) is 0. The standard InChI is InChI=1S/C16H23N3O3S/c1-3-23(21,22)18-10-9-16(12-18)13-19(15(20)11-17(16)2)14-7-5-4-6-8-14/h4-8H,3,9-13H2,1-2H3. The van der Waals surface area contributed by atoms with Gasteiger partial charge in [0.25, 0.3) is 0 Å². The molecule has 6 nitrogen and oxygen atoms in total. The molecular formula is C16H23N3O3S. The van der Waals surface area contributed by atoms with Gasteiger partial charge in [-0.3, -0.25) is 9.69 Å². The zero-order valence-corrected chi connectivity index (χ0v) is 14.4. The fraction of sp³-hybridized carbons (Fsp3) is 0.562. The minimum absolute atomic E-state index is 0.0566. The second-order valence-electron chi connectivity index (χ2n) is 6.38. The first-order valence-electron chi connectivity index (χ1n) is 7.92. The molecule has 7 heteroatoms. The average molecular weight is 337 g/mol. The molecule has 3 rings (SSSR count). The lowest BCUT2D eigenvalue weighted by molar-refractivity contribution is -0.123. The molecule has 23 heavy (non-hydrogen) atoms. The van der Waals surface area contributed by atoms with Crippen LogP contribution in [0.15, 0.2) is 30.3 Å². The molecule has 1 amide bonds. The molecule has 1 unspecified atom stereocenters. The quantitative estimate of drug-likeness (QED) is 0.817. The number of benzene rings is 1. The van der Waals surface area contributed by atoms with Crippen molar-refractivity contribution in [3.05, 3.63) is 30.3 Å². The highest BCUT2D eigenvalue weighted by molar-refractivity contribution is 7.89. The number of sulfonamides is 1. The molecule has 2 fully saturated rings. The predicted octanol–water partition coefficient (Wildman–Crippen LogP) is 0.759. The summed E-state index contributed by atoms with van der Waals surface area (Å²) in [7, 11) is -1.27. The number of hydrogen-bond donors (Lipinski definition) is 0. The normalized spacial score (nSPS) is 27.0. The van der Waals surface area contributed by atoms with E-state index in [1.807, 2.05) is 42.3 Å². The Morgan fingerprint density at radius 3 is 2.52 bits per heavy atom. The van der Waals surface area contributed by atoms with E-state index in [9.17, 15) is 13.2 Å². The first kappa shape index (κ1) is 16.4. The van der Waals surface area contributed by atoms with E-state index in [4.69, 9.17) is 0 Å². The number of hydrogen-bond acceptors (Lipinski definition) is 4. The molecule has 2 saturated heterocycles. The van der Waals surface area contributed by atoms with Crippen molar-refractivity contribution in [3.63, 3.8) is 0 Å². The van der Waals surface area contributed by atoms with Crippen molar-refractivity contribution < 1.29 is 13.2 Å². The molecule has 0 saturated carbocycles. The highest BCUT2D eigenvalue weighted by atomic mass is 32.2. The molecule has 0 bridgehead atoms. The smallest absolute Gasteiger partial charge is 0.241 e. The van der Waals surface area contributed by atoms with Gasteiger partial charge in [-0.15, -0.1) is 0 Å². The van der Waals surface area contributed by atoms with Crippen LogP contribution in [0.1, 0.15) is 13.3 Å². The number of carbonyl (C=O) groups is 1. The van der Waals surface area contributed by atoms with Crippen LogP contribution >= 0.6 is 0 Å². The molecule has 1 spiro atoms. The number of piperazine rings is 1. The number of nitrogens with zero attached hydrogens (tertiary/aromatic N) is 3. The van der Waals surface area contributed by atoms with Crippen LogP contribution in [0.3, 0.4) is 0 Å². The van der Waals surface area contributed by atoms with Gasteiger partial charge in [-0.2, -0.15) is 4.31 Å². The molecule has 1 atom stereocenters. The van der Waals surface area contributed by atoms with Crippen molar-refractivity contribution in [1.29, 1.82) is 0 Å². The van der Waals surface area contributed by atoms with E-state index in [0.717, 1.165) is 12.1 Å². The van der Waals surface area contributed by atoms with E-state index in [1.165, 1.54) is 0 Å². The Balaban J connectivity index is 1.87. The summed E-state index contributed by atoms with van der Waals surface area (Å²) in [4.78, 5) is 16.3. The average Bonchev–Trinajstić information content (AvgIpc) is 2.98. The predicted molar refractivity (Wildman–Crippen MR) is 89.8 cm³/mol. The van der Waals surface area contributed by atoms with Gasteiger partial charge in [0.05, 0.1) is 17.8 Å². The molecular weight excluding hydrogens is 314 g/mol. The van der Waals surface area contributed by atoms with Gasteiger partial charge in [0, 0.05) is 25.3 Å². The number of para-hydroxylation sites is 1. The number of rotatable bonds is 3. The van der Waals surface area contributed by atoms with Crippen LogP contribution in [0.2, 0.25) is 0 Å². The number of amides is 1. The highest BCUT2D eigenvalue weighted by Gasteiger charge is 2.49. The van der Waals surface area contributed by atoms with Gasteiger partial charge in [-0.25, -0.2) is 8.42 Å². The van der Waals surface area contributed by atoms with E-state index >= 15 is 0 Å². The van der Waals surface area contributed by atoms with Gasteiger partial charge < -0.3 is 4.90 Å². The monoisotopic (exact) mass is 337 g/mol. The van der Waals surface area contributed by atoms with Crippen LogP contribution in [0.25, 0.3) is 0 Å². The van der Waals surface area contributed by atoms with Gasteiger partial charge in [-0.1, -0.05) is 18.2 Å². The number of anilines is 1. The largest absolute Gasteiger partial charge is 0.309 e. The highest BCUT2D eigenvalue weighted by Crippen LogP contribution is 2.34. The second kappa shape index (κ2) is 5.89. The molecule has 2 aliphatic heterocycles. The summed E-state index contributed by atoms with van der Waals surface area (Å²) < 4.78 is 25.9. The molecule has 0 aromatic heterocycles. The topological polar surface area (TPSA) is 60.9 Å². The molecule has 126 valence electrons. The number of carbonyl (C=O) groups excluding carboxylic acids is 1. The third-order valence-corrected chi connectivity index (χ3v) is 6.89. The Labute approximate surface area is 137 Å². The van der Waals surface area contributed by atoms with Gasteiger partial charge >= 0.3 is 0 Å². The van der Waals surface area contributed by atoms with Crippen molar-refractivity contribution in [2.75, 3.05) is 43.9 Å². The molecule has 0 aliphatic carbocycles. The fourth-order valence-corrected chi connectivity index (χ4v) is 4.65. The Morgan fingerprint density at radius 2 is 1.87 bits per heavy atom. The van der Waals surface area contributed by atoms with Crippen LogP contribution in [-0.4, -0.2) is 68.0 Å². The third-order valence-electron chi connectivity index (χ3n) is 5.06. The summed E-state index contributed by atoms with van der Waals surface area (Å²) in [5.74, 6) is 0.176. The summed E-state index contributed by atoms with van der Waals surface area (Å²) in [6.45, 7) is 3.50. The van der Waals surface area contributed by atoms with Crippen molar-refractivity contribution >= 4 is 21.6 Å². The van der Waals surface area contributed by atoms with E-state index in [0.29, 0.717) is 26.2 Å². The maximum Gasteiger partial charge on any atom is 0.241 e. The maximum absolute atomic E-state index is 12.4. The summed E-state index contributed by atoms with van der Waals surface area (Å²) in [6, 6.07) is 9.59. The number of likely N-dealkylation sites (N-methyl/N-ethyl adjacent to an activating group) is 1. The lowest BCUT2D eigenvalue weighted by Gasteiger charge is -2.46. The van der Waals surface area contributed by atoms with Crippen LogP contribution < -0.4 is 4.90 Å². The van der Waals surface area contributed by atoms with Crippen LogP contribution in [0, 0.1) is 0 Å².